The molecular formula is C26H32ClN11O3. The van der Waals surface area contributed by atoms with E-state index in [1.807, 2.05) is 4.90 Å². The van der Waals surface area contributed by atoms with E-state index in [9.17, 15) is 14.7 Å². The van der Waals surface area contributed by atoms with E-state index in [-0.39, 0.29) is 41.4 Å². The Balaban J connectivity index is 1.32. The number of nitrogens with two attached hydrogens (primary N) is 2. The molecule has 2 atom stereocenters. The van der Waals surface area contributed by atoms with Crippen molar-refractivity contribution in [1.29, 1.82) is 0 Å². The molecule has 14 nitrogen and oxygen atoms in total. The van der Waals surface area contributed by atoms with Crippen LogP contribution in [0.2, 0.25) is 5.02 Å². The van der Waals surface area contributed by atoms with Crippen molar-refractivity contribution in [3.8, 4) is 5.75 Å². The molecule has 0 spiro atoms. The van der Waals surface area contributed by atoms with Gasteiger partial charge < -0.3 is 47.6 Å². The van der Waals surface area contributed by atoms with Crippen LogP contribution in [0.1, 0.15) is 16.8 Å². The van der Waals surface area contributed by atoms with Crippen molar-refractivity contribution in [1.82, 2.24) is 25.2 Å². The zero-order chi connectivity index (χ0) is 28.9. The van der Waals surface area contributed by atoms with Crippen molar-refractivity contribution in [3.63, 3.8) is 0 Å². The molecule has 0 unspecified atom stereocenters. The molecule has 3 amide bonds. The van der Waals surface area contributed by atoms with E-state index >= 15 is 0 Å². The fourth-order valence-corrected chi connectivity index (χ4v) is 4.78. The molecule has 3 heterocycles. The monoisotopic (exact) mass is 581 g/mol. The molecule has 2 aromatic carbocycles. The Bertz CT molecular complexity index is 1400. The number of nitrogens with one attached hydrogen (secondary N) is 4. The lowest BCUT2D eigenvalue weighted by Gasteiger charge is -2.34. The van der Waals surface area contributed by atoms with Gasteiger partial charge in [0, 0.05) is 73.7 Å². The van der Waals surface area contributed by atoms with Gasteiger partial charge in [0.1, 0.15) is 5.75 Å². The Labute approximate surface area is 241 Å². The minimum Gasteiger partial charge on any atom is -0.506 e. The fraction of sp³-hybridized carbons (Fsp3) is 0.346. The molecule has 3 aromatic rings. The molecule has 15 heteroatoms. The molecule has 1 aromatic heterocycles. The molecule has 41 heavy (non-hydrogen) atoms. The number of carbonyl (C=O) groups is 2. The first-order valence-electron chi connectivity index (χ1n) is 13.2. The highest BCUT2D eigenvalue weighted by Gasteiger charge is 2.26. The molecule has 0 saturated carbocycles. The predicted molar refractivity (Wildman–Crippen MR) is 157 cm³/mol. The average Bonchev–Trinajstić information content (AvgIpc) is 3.34. The highest BCUT2D eigenvalue weighted by Crippen LogP contribution is 2.29. The zero-order valence-corrected chi connectivity index (χ0v) is 22.9. The van der Waals surface area contributed by atoms with E-state index in [2.05, 4.69) is 36.2 Å². The second kappa shape index (κ2) is 12.4. The third-order valence-electron chi connectivity index (χ3n) is 6.64. The number of hydrogen-bond donors (Lipinski definition) is 7. The molecule has 216 valence electrons. The maximum absolute atomic E-state index is 12.6. The number of phenols is 1. The van der Waals surface area contributed by atoms with Gasteiger partial charge in [0.05, 0.1) is 5.69 Å². The number of benzene rings is 2. The molecule has 0 bridgehead atoms. The van der Waals surface area contributed by atoms with Crippen LogP contribution < -0.4 is 37.6 Å². The lowest BCUT2D eigenvalue weighted by molar-refractivity contribution is 0.102. The van der Waals surface area contributed by atoms with Crippen LogP contribution >= 0.6 is 11.6 Å². The molecule has 5 rings (SSSR count). The third-order valence-corrected chi connectivity index (χ3v) is 6.89. The van der Waals surface area contributed by atoms with Gasteiger partial charge in [-0.3, -0.25) is 4.79 Å². The SMILES string of the molecule is N[C@@H]1C[C@H](N)CN(c2nc(NCCN3CCNC3=O)nc(Nc3ccc(NC(=O)c4ccc(Cl)cc4)c(O)c3)n2)C1. The Morgan fingerprint density at radius 1 is 1.07 bits per heavy atom. The Morgan fingerprint density at radius 3 is 2.49 bits per heavy atom. The van der Waals surface area contributed by atoms with Crippen LogP contribution in [0.3, 0.4) is 0 Å². The summed E-state index contributed by atoms with van der Waals surface area (Å²) in [6.45, 7) is 3.23. The number of rotatable bonds is 9. The summed E-state index contributed by atoms with van der Waals surface area (Å²) in [5.74, 6) is 0.384. The lowest BCUT2D eigenvalue weighted by atomic mass is 10.0. The smallest absolute Gasteiger partial charge is 0.317 e. The van der Waals surface area contributed by atoms with Crippen molar-refractivity contribution >= 4 is 52.8 Å². The first-order valence-corrected chi connectivity index (χ1v) is 13.6. The normalized spacial score (nSPS) is 18.7. The summed E-state index contributed by atoms with van der Waals surface area (Å²) in [6.07, 6.45) is 0.704. The number of phenolic OH excluding ortho intramolecular Hbond substituents is 1. The number of hydrogen-bond acceptors (Lipinski definition) is 11. The van der Waals surface area contributed by atoms with E-state index in [1.54, 1.807) is 41.3 Å². The molecule has 2 saturated heterocycles. The van der Waals surface area contributed by atoms with Crippen molar-refractivity contribution in [3.05, 3.63) is 53.1 Å². The Morgan fingerprint density at radius 2 is 1.80 bits per heavy atom. The zero-order valence-electron chi connectivity index (χ0n) is 22.2. The number of piperidine rings is 1. The topological polar surface area (TPSA) is 200 Å². The minimum atomic E-state index is -0.389. The number of halogens is 1. The highest BCUT2D eigenvalue weighted by atomic mass is 35.5. The number of amides is 3. The van der Waals surface area contributed by atoms with Crippen molar-refractivity contribution < 1.29 is 14.7 Å². The van der Waals surface area contributed by atoms with Crippen molar-refractivity contribution in [2.24, 2.45) is 11.5 Å². The maximum atomic E-state index is 12.6. The summed E-state index contributed by atoms with van der Waals surface area (Å²) in [4.78, 5) is 41.6. The lowest BCUT2D eigenvalue weighted by Crippen LogP contribution is -2.52. The van der Waals surface area contributed by atoms with E-state index in [0.29, 0.717) is 73.9 Å². The number of anilines is 5. The van der Waals surface area contributed by atoms with Gasteiger partial charge in [-0.2, -0.15) is 15.0 Å². The van der Waals surface area contributed by atoms with Crippen molar-refractivity contribution in [2.75, 3.05) is 60.1 Å². The molecule has 0 aliphatic carbocycles. The van der Waals surface area contributed by atoms with Gasteiger partial charge in [0.15, 0.2) is 0 Å². The molecule has 0 radical (unpaired) electrons. The highest BCUT2D eigenvalue weighted by molar-refractivity contribution is 6.30. The standard InChI is InChI=1S/C26H32ClN11O3/c27-16-3-1-15(2-4-16)22(40)33-20-6-5-19(12-21(20)39)32-24-34-23(30-7-9-37-10-8-31-26(37)41)35-25(36-24)38-13-17(28)11-18(29)14-38/h1-6,12,17-18,39H,7-11,13-14,28-29H2,(H,31,41)(H,33,40)(H2,30,32,34,35,36)/t17-,18+. The van der Waals surface area contributed by atoms with Gasteiger partial charge in [-0.15, -0.1) is 0 Å². The minimum absolute atomic E-state index is 0.102. The quantitative estimate of drug-likeness (QED) is 0.181. The Hall–Kier alpha value is -4.40. The van der Waals surface area contributed by atoms with E-state index in [1.165, 1.54) is 6.07 Å². The first-order chi connectivity index (χ1) is 19.7. The van der Waals surface area contributed by atoms with Gasteiger partial charge in [-0.05, 0) is 42.8 Å². The van der Waals surface area contributed by atoms with E-state index in [4.69, 9.17) is 23.1 Å². The predicted octanol–water partition coefficient (Wildman–Crippen LogP) is 1.53. The maximum Gasteiger partial charge on any atom is 0.317 e. The number of aromatic nitrogens is 3. The number of nitrogens with zero attached hydrogens (tertiary/aromatic N) is 5. The van der Waals surface area contributed by atoms with Crippen LogP contribution in [-0.2, 0) is 0 Å². The van der Waals surface area contributed by atoms with Crippen LogP contribution in [-0.4, -0.2) is 88.2 Å². The van der Waals surface area contributed by atoms with Crippen molar-refractivity contribution in [2.45, 2.75) is 18.5 Å². The number of urea groups is 1. The Kier molecular flexibility index (Phi) is 8.52. The second-order valence-electron chi connectivity index (χ2n) is 9.91. The molecule has 2 aliphatic rings. The second-order valence-corrected chi connectivity index (χ2v) is 10.3. The average molecular weight is 582 g/mol. The molecular weight excluding hydrogens is 550 g/mol. The van der Waals surface area contributed by atoms with Gasteiger partial charge in [-0.25, -0.2) is 4.79 Å². The summed E-state index contributed by atoms with van der Waals surface area (Å²) < 4.78 is 0. The first kappa shape index (κ1) is 28.1. The number of aromatic hydroxyl groups is 1. The van der Waals surface area contributed by atoms with Crippen LogP contribution in [0.4, 0.5) is 34.0 Å². The van der Waals surface area contributed by atoms with E-state index in [0.717, 1.165) is 0 Å². The number of carbonyl (C=O) groups excluding carboxylic acids is 2. The van der Waals surface area contributed by atoms with Gasteiger partial charge >= 0.3 is 6.03 Å². The largest absolute Gasteiger partial charge is 0.506 e. The summed E-state index contributed by atoms with van der Waals surface area (Å²) in [7, 11) is 0. The molecule has 2 aliphatic heterocycles. The van der Waals surface area contributed by atoms with Crippen LogP contribution in [0.25, 0.3) is 0 Å². The van der Waals surface area contributed by atoms with Gasteiger partial charge in [0.2, 0.25) is 17.8 Å². The van der Waals surface area contributed by atoms with Crippen LogP contribution in [0.5, 0.6) is 5.75 Å². The third kappa shape index (κ3) is 7.22. The summed E-state index contributed by atoms with van der Waals surface area (Å²) >= 11 is 5.89. The molecule has 2 fully saturated rings. The van der Waals surface area contributed by atoms with Crippen LogP contribution in [0.15, 0.2) is 42.5 Å². The molecule has 9 N–H and O–H groups in total. The fourth-order valence-electron chi connectivity index (χ4n) is 4.65. The summed E-state index contributed by atoms with van der Waals surface area (Å²) in [5.41, 5.74) is 13.5. The van der Waals surface area contributed by atoms with Crippen LogP contribution in [0, 0.1) is 0 Å². The van der Waals surface area contributed by atoms with Gasteiger partial charge in [-0.1, -0.05) is 11.6 Å². The van der Waals surface area contributed by atoms with E-state index < -0.39 is 0 Å². The van der Waals surface area contributed by atoms with Gasteiger partial charge in [0.25, 0.3) is 5.91 Å². The summed E-state index contributed by atoms with van der Waals surface area (Å²) in [5, 5.41) is 22.8. The summed E-state index contributed by atoms with van der Waals surface area (Å²) in [6, 6.07) is 10.8.